The molecule has 0 amide bonds. The van der Waals surface area contributed by atoms with Crippen LogP contribution in [0.5, 0.6) is 0 Å². The van der Waals surface area contributed by atoms with E-state index in [1.165, 1.54) is 6.42 Å². The van der Waals surface area contributed by atoms with Crippen LogP contribution in [0.15, 0.2) is 11.6 Å². The molecule has 0 aliphatic carbocycles. The predicted octanol–water partition coefficient (Wildman–Crippen LogP) is 3.61. The van der Waals surface area contributed by atoms with E-state index in [0.717, 1.165) is 6.54 Å². The van der Waals surface area contributed by atoms with Crippen molar-refractivity contribution in [2.75, 3.05) is 6.54 Å². The summed E-state index contributed by atoms with van der Waals surface area (Å²) in [5.41, 5.74) is 1.55. The van der Waals surface area contributed by atoms with E-state index in [1.54, 1.807) is 5.57 Å². The lowest BCUT2D eigenvalue weighted by atomic mass is 9.97. The summed E-state index contributed by atoms with van der Waals surface area (Å²) in [7, 11) is 0. The van der Waals surface area contributed by atoms with Crippen LogP contribution in [-0.4, -0.2) is 12.6 Å². The monoisotopic (exact) mass is 197 g/mol. The number of hydrogen-bond acceptors (Lipinski definition) is 1. The van der Waals surface area contributed by atoms with E-state index >= 15 is 0 Å². The highest BCUT2D eigenvalue weighted by atomic mass is 14.9. The van der Waals surface area contributed by atoms with Crippen molar-refractivity contribution >= 4 is 0 Å². The molecular weight excluding hydrogens is 170 g/mol. The van der Waals surface area contributed by atoms with Gasteiger partial charge in [0.2, 0.25) is 0 Å². The normalized spacial score (nSPS) is 15.3. The maximum Gasteiger partial charge on any atom is 0.0169 e. The van der Waals surface area contributed by atoms with Crippen molar-refractivity contribution in [3.8, 4) is 0 Å². The third kappa shape index (κ3) is 6.20. The molecule has 1 N–H and O–H groups in total. The van der Waals surface area contributed by atoms with Crippen LogP contribution in [0.1, 0.15) is 48.0 Å². The molecule has 1 heteroatoms. The second-order valence-corrected chi connectivity index (χ2v) is 4.82. The Hall–Kier alpha value is -0.300. The first-order valence-corrected chi connectivity index (χ1v) is 5.91. The Kier molecular flexibility index (Phi) is 6.90. The van der Waals surface area contributed by atoms with Gasteiger partial charge in [-0.1, -0.05) is 59.6 Å². The van der Waals surface area contributed by atoms with Crippen LogP contribution in [-0.2, 0) is 0 Å². The summed E-state index contributed by atoms with van der Waals surface area (Å²) in [6.45, 7) is 14.5. The fraction of sp³-hybridized carbons (Fsp3) is 0.846. The van der Waals surface area contributed by atoms with E-state index in [4.69, 9.17) is 0 Å². The minimum absolute atomic E-state index is 0.578. The third-order valence-corrected chi connectivity index (χ3v) is 2.60. The van der Waals surface area contributed by atoms with E-state index in [0.29, 0.717) is 17.9 Å². The average Bonchev–Trinajstić information content (AvgIpc) is 2.10. The SMILES string of the molecule is CCC(C)/C=C(/CNC(C)C)C(C)C. The fourth-order valence-corrected chi connectivity index (χ4v) is 1.26. The highest BCUT2D eigenvalue weighted by molar-refractivity contribution is 5.08. The Balaban J connectivity index is 4.21. The Labute approximate surface area is 90.0 Å². The maximum absolute atomic E-state index is 3.49. The zero-order valence-electron chi connectivity index (χ0n) is 10.7. The van der Waals surface area contributed by atoms with Gasteiger partial charge in [-0.05, 0) is 11.8 Å². The summed E-state index contributed by atoms with van der Waals surface area (Å²) in [6, 6.07) is 0.578. The van der Waals surface area contributed by atoms with Gasteiger partial charge in [0.1, 0.15) is 0 Å². The highest BCUT2D eigenvalue weighted by Gasteiger charge is 2.05. The second-order valence-electron chi connectivity index (χ2n) is 4.82. The van der Waals surface area contributed by atoms with E-state index in [9.17, 15) is 0 Å². The molecule has 0 spiro atoms. The zero-order chi connectivity index (χ0) is 11.1. The van der Waals surface area contributed by atoms with Crippen LogP contribution in [0.2, 0.25) is 0 Å². The van der Waals surface area contributed by atoms with Crippen LogP contribution in [0.3, 0.4) is 0 Å². The van der Waals surface area contributed by atoms with Gasteiger partial charge >= 0.3 is 0 Å². The number of allylic oxidation sites excluding steroid dienone is 1. The van der Waals surface area contributed by atoms with Gasteiger partial charge < -0.3 is 5.32 Å². The summed E-state index contributed by atoms with van der Waals surface area (Å²) in [5, 5.41) is 3.49. The molecule has 0 fully saturated rings. The first-order valence-electron chi connectivity index (χ1n) is 5.91. The lowest BCUT2D eigenvalue weighted by molar-refractivity contribution is 0.578. The highest BCUT2D eigenvalue weighted by Crippen LogP contribution is 2.14. The number of hydrogen-bond donors (Lipinski definition) is 1. The predicted molar refractivity (Wildman–Crippen MR) is 65.5 cm³/mol. The van der Waals surface area contributed by atoms with Gasteiger partial charge in [-0.15, -0.1) is 0 Å². The molecule has 84 valence electrons. The van der Waals surface area contributed by atoms with Gasteiger partial charge in [0, 0.05) is 12.6 Å². The molecule has 0 aromatic rings. The minimum Gasteiger partial charge on any atom is -0.311 e. The first-order chi connectivity index (χ1) is 6.47. The first kappa shape index (κ1) is 13.7. The molecule has 1 unspecified atom stereocenters. The Morgan fingerprint density at radius 3 is 2.07 bits per heavy atom. The topological polar surface area (TPSA) is 12.0 Å². The van der Waals surface area contributed by atoms with Crippen molar-refractivity contribution in [1.82, 2.24) is 5.32 Å². The van der Waals surface area contributed by atoms with E-state index in [2.05, 4.69) is 52.9 Å². The molecule has 0 radical (unpaired) electrons. The van der Waals surface area contributed by atoms with Crippen LogP contribution in [0, 0.1) is 11.8 Å². The quantitative estimate of drug-likeness (QED) is 0.641. The Bertz CT molecular complexity index is 168. The summed E-state index contributed by atoms with van der Waals surface area (Å²) in [6.07, 6.45) is 3.66. The molecule has 0 aliphatic rings. The van der Waals surface area contributed by atoms with Crippen molar-refractivity contribution in [3.63, 3.8) is 0 Å². The van der Waals surface area contributed by atoms with Gasteiger partial charge in [0.15, 0.2) is 0 Å². The summed E-state index contributed by atoms with van der Waals surface area (Å²) >= 11 is 0. The van der Waals surface area contributed by atoms with Crippen LogP contribution in [0.4, 0.5) is 0 Å². The molecular formula is C13H27N. The van der Waals surface area contributed by atoms with Crippen molar-refractivity contribution in [2.24, 2.45) is 11.8 Å². The van der Waals surface area contributed by atoms with E-state index < -0.39 is 0 Å². The van der Waals surface area contributed by atoms with E-state index in [1.807, 2.05) is 0 Å². The lowest BCUT2D eigenvalue weighted by Crippen LogP contribution is -2.26. The summed E-state index contributed by atoms with van der Waals surface area (Å²) in [5.74, 6) is 1.37. The standard InChI is InChI=1S/C13H27N/c1-7-12(6)8-13(10(2)3)9-14-11(4)5/h8,10-12,14H,7,9H2,1-6H3/b13-8-. The molecule has 0 heterocycles. The molecule has 0 saturated heterocycles. The number of nitrogens with one attached hydrogen (secondary N) is 1. The molecule has 0 rings (SSSR count). The Morgan fingerprint density at radius 1 is 1.14 bits per heavy atom. The van der Waals surface area contributed by atoms with Crippen LogP contribution in [0.25, 0.3) is 0 Å². The smallest absolute Gasteiger partial charge is 0.0169 e. The van der Waals surface area contributed by atoms with Crippen molar-refractivity contribution in [2.45, 2.75) is 54.0 Å². The van der Waals surface area contributed by atoms with Gasteiger partial charge in [-0.2, -0.15) is 0 Å². The van der Waals surface area contributed by atoms with Gasteiger partial charge in [0.25, 0.3) is 0 Å². The maximum atomic E-state index is 3.49. The molecule has 0 aromatic carbocycles. The minimum atomic E-state index is 0.578. The lowest BCUT2D eigenvalue weighted by Gasteiger charge is -2.16. The van der Waals surface area contributed by atoms with Gasteiger partial charge in [-0.3, -0.25) is 0 Å². The third-order valence-electron chi connectivity index (χ3n) is 2.60. The molecule has 0 aliphatic heterocycles. The molecule has 0 bridgehead atoms. The van der Waals surface area contributed by atoms with Gasteiger partial charge in [-0.25, -0.2) is 0 Å². The van der Waals surface area contributed by atoms with Crippen molar-refractivity contribution in [3.05, 3.63) is 11.6 Å². The van der Waals surface area contributed by atoms with Crippen LogP contribution >= 0.6 is 0 Å². The van der Waals surface area contributed by atoms with Crippen molar-refractivity contribution < 1.29 is 0 Å². The Morgan fingerprint density at radius 2 is 1.71 bits per heavy atom. The summed E-state index contributed by atoms with van der Waals surface area (Å²) in [4.78, 5) is 0. The number of rotatable bonds is 6. The largest absolute Gasteiger partial charge is 0.311 e. The molecule has 1 nitrogen and oxygen atoms in total. The van der Waals surface area contributed by atoms with Gasteiger partial charge in [0.05, 0.1) is 0 Å². The van der Waals surface area contributed by atoms with Crippen molar-refractivity contribution in [1.29, 1.82) is 0 Å². The molecule has 14 heavy (non-hydrogen) atoms. The zero-order valence-corrected chi connectivity index (χ0v) is 10.7. The average molecular weight is 197 g/mol. The summed E-state index contributed by atoms with van der Waals surface area (Å²) < 4.78 is 0. The molecule has 0 aromatic heterocycles. The fourth-order valence-electron chi connectivity index (χ4n) is 1.26. The second kappa shape index (κ2) is 7.05. The van der Waals surface area contributed by atoms with Crippen LogP contribution < -0.4 is 5.32 Å². The molecule has 1 atom stereocenters. The molecule has 0 saturated carbocycles. The van der Waals surface area contributed by atoms with E-state index in [-0.39, 0.29) is 0 Å².